The molecule has 2 heteroatoms. The highest BCUT2D eigenvalue weighted by Crippen LogP contribution is 2.49. The van der Waals surface area contributed by atoms with Crippen LogP contribution in [0.4, 0.5) is 0 Å². The Morgan fingerprint density at radius 2 is 1.09 bits per heavy atom. The molecule has 46 heavy (non-hydrogen) atoms. The third kappa shape index (κ3) is 3.59. The normalized spacial score (nSPS) is 12.1. The molecule has 0 saturated carbocycles. The molecule has 0 spiro atoms. The van der Waals surface area contributed by atoms with Crippen LogP contribution in [0.5, 0.6) is 11.5 Å². The molecule has 0 aliphatic carbocycles. The lowest BCUT2D eigenvalue weighted by Crippen LogP contribution is -1.98. The van der Waals surface area contributed by atoms with Crippen molar-refractivity contribution in [3.8, 4) is 50.6 Å². The van der Waals surface area contributed by atoms with Crippen LogP contribution in [0, 0.1) is 0 Å². The van der Waals surface area contributed by atoms with Crippen molar-refractivity contribution >= 4 is 43.4 Å². The molecule has 2 heterocycles. The second kappa shape index (κ2) is 9.69. The van der Waals surface area contributed by atoms with Gasteiger partial charge in [0.15, 0.2) is 0 Å². The average molecular weight is 586 g/mol. The topological polar surface area (TPSA) is 14.2 Å². The van der Waals surface area contributed by atoms with Gasteiger partial charge in [-0.1, -0.05) is 121 Å². The molecule has 0 radical (unpaired) electrons. The lowest BCUT2D eigenvalue weighted by atomic mass is 9.87. The number of rotatable bonds is 3. The Bertz CT molecular complexity index is 2660. The van der Waals surface area contributed by atoms with Gasteiger partial charge in [-0.15, -0.1) is 0 Å². The molecule has 1 aliphatic heterocycles. The van der Waals surface area contributed by atoms with Crippen LogP contribution in [0.3, 0.4) is 0 Å². The zero-order chi connectivity index (χ0) is 30.2. The van der Waals surface area contributed by atoms with Crippen LogP contribution in [0.15, 0.2) is 164 Å². The average Bonchev–Trinajstić information content (AvgIpc) is 3.46. The number of aromatic nitrogens is 1. The van der Waals surface area contributed by atoms with Gasteiger partial charge in [-0.05, 0) is 86.4 Å². The fourth-order valence-electron chi connectivity index (χ4n) is 7.60. The van der Waals surface area contributed by atoms with Gasteiger partial charge in [-0.25, -0.2) is 0 Å². The Labute approximate surface area is 266 Å². The number of nitrogens with zero attached hydrogens (tertiary/aromatic N) is 1. The standard InChI is InChI=1S/C44H27NO/c1-2-12-30(13-3-1)45-39-24-22-29(27-38(39)43-32-15-5-4-11-28(32)21-25-40(43)45)31-14-6-7-16-33(31)34-23-26-42-44-36(34)18-10-19-37(44)35-17-8-9-20-41(35)46-42/h1-27H. The number of fused-ring (bicyclic) bond motifs is 7. The van der Waals surface area contributed by atoms with Crippen molar-refractivity contribution in [3.05, 3.63) is 164 Å². The van der Waals surface area contributed by atoms with Crippen molar-refractivity contribution in [1.29, 1.82) is 0 Å². The summed E-state index contributed by atoms with van der Waals surface area (Å²) in [5.41, 5.74) is 10.8. The number of ether oxygens (including phenoxy) is 1. The first-order valence-corrected chi connectivity index (χ1v) is 15.8. The molecule has 2 nitrogen and oxygen atoms in total. The van der Waals surface area contributed by atoms with Crippen molar-refractivity contribution in [2.24, 2.45) is 0 Å². The van der Waals surface area contributed by atoms with E-state index in [4.69, 9.17) is 4.74 Å². The Morgan fingerprint density at radius 3 is 2.00 bits per heavy atom. The maximum absolute atomic E-state index is 6.42. The number of hydrogen-bond acceptors (Lipinski definition) is 1. The molecular weight excluding hydrogens is 558 g/mol. The maximum Gasteiger partial charge on any atom is 0.135 e. The SMILES string of the molecule is c1ccc(-n2c3ccc(-c4ccccc4-c4ccc5c6c(cccc46)-c4ccccc4O5)cc3c3c4ccccc4ccc32)cc1. The van der Waals surface area contributed by atoms with Gasteiger partial charge >= 0.3 is 0 Å². The smallest absolute Gasteiger partial charge is 0.135 e. The maximum atomic E-state index is 6.42. The van der Waals surface area contributed by atoms with Crippen LogP contribution in [-0.4, -0.2) is 4.57 Å². The fraction of sp³-hybridized carbons (Fsp3) is 0. The minimum atomic E-state index is 0.908. The summed E-state index contributed by atoms with van der Waals surface area (Å²) in [6.07, 6.45) is 0. The lowest BCUT2D eigenvalue weighted by molar-refractivity contribution is 0.487. The highest BCUT2D eigenvalue weighted by atomic mass is 16.5. The Kier molecular flexibility index (Phi) is 5.31. The summed E-state index contributed by atoms with van der Waals surface area (Å²) in [7, 11) is 0. The quantitative estimate of drug-likeness (QED) is 0.201. The van der Waals surface area contributed by atoms with Crippen LogP contribution in [0.25, 0.3) is 82.4 Å². The zero-order valence-electron chi connectivity index (χ0n) is 24.9. The van der Waals surface area contributed by atoms with Crippen molar-refractivity contribution in [3.63, 3.8) is 0 Å². The van der Waals surface area contributed by atoms with Gasteiger partial charge in [0, 0.05) is 27.4 Å². The Hall–Kier alpha value is -6.12. The molecule has 0 amide bonds. The first-order valence-electron chi connectivity index (χ1n) is 15.8. The molecule has 214 valence electrons. The number of benzene rings is 8. The van der Waals surface area contributed by atoms with E-state index in [-0.39, 0.29) is 0 Å². The van der Waals surface area contributed by atoms with Crippen molar-refractivity contribution in [2.45, 2.75) is 0 Å². The highest BCUT2D eigenvalue weighted by molar-refractivity contribution is 6.22. The first kappa shape index (κ1) is 25.2. The van der Waals surface area contributed by atoms with E-state index in [1.807, 2.05) is 6.07 Å². The third-order valence-electron chi connectivity index (χ3n) is 9.60. The number of para-hydroxylation sites is 2. The minimum Gasteiger partial charge on any atom is -0.456 e. The van der Waals surface area contributed by atoms with Crippen LogP contribution in [-0.2, 0) is 0 Å². The molecule has 10 rings (SSSR count). The van der Waals surface area contributed by atoms with Gasteiger partial charge < -0.3 is 9.30 Å². The summed E-state index contributed by atoms with van der Waals surface area (Å²) < 4.78 is 8.82. The molecule has 0 N–H and O–H groups in total. The van der Waals surface area contributed by atoms with E-state index in [2.05, 4.69) is 162 Å². The monoisotopic (exact) mass is 585 g/mol. The summed E-state index contributed by atoms with van der Waals surface area (Å²) >= 11 is 0. The van der Waals surface area contributed by atoms with E-state index in [1.54, 1.807) is 0 Å². The van der Waals surface area contributed by atoms with Crippen molar-refractivity contribution < 1.29 is 4.74 Å². The van der Waals surface area contributed by atoms with Crippen molar-refractivity contribution in [2.75, 3.05) is 0 Å². The van der Waals surface area contributed by atoms with E-state index in [1.165, 1.54) is 76.9 Å². The Balaban J connectivity index is 1.23. The molecule has 0 saturated heterocycles. The molecule has 0 unspecified atom stereocenters. The second-order valence-corrected chi connectivity index (χ2v) is 12.1. The predicted molar refractivity (Wildman–Crippen MR) is 192 cm³/mol. The van der Waals surface area contributed by atoms with Crippen LogP contribution in [0.1, 0.15) is 0 Å². The van der Waals surface area contributed by atoms with Crippen LogP contribution < -0.4 is 4.74 Å². The van der Waals surface area contributed by atoms with Gasteiger partial charge in [0.05, 0.1) is 11.0 Å². The molecule has 0 atom stereocenters. The molecule has 1 aromatic heterocycles. The Morgan fingerprint density at radius 1 is 0.370 bits per heavy atom. The number of hydrogen-bond donors (Lipinski definition) is 0. The van der Waals surface area contributed by atoms with E-state index in [0.717, 1.165) is 17.1 Å². The summed E-state index contributed by atoms with van der Waals surface area (Å²) in [5.74, 6) is 1.82. The largest absolute Gasteiger partial charge is 0.456 e. The predicted octanol–water partition coefficient (Wildman–Crippen LogP) is 12.2. The van der Waals surface area contributed by atoms with Crippen LogP contribution in [0.2, 0.25) is 0 Å². The van der Waals surface area contributed by atoms with Crippen LogP contribution >= 0.6 is 0 Å². The van der Waals surface area contributed by atoms with E-state index in [0.29, 0.717) is 0 Å². The van der Waals surface area contributed by atoms with Gasteiger partial charge in [0.25, 0.3) is 0 Å². The van der Waals surface area contributed by atoms with Gasteiger partial charge in [-0.2, -0.15) is 0 Å². The molecule has 0 fully saturated rings. The summed E-state index contributed by atoms with van der Waals surface area (Å²) in [6.45, 7) is 0. The zero-order valence-corrected chi connectivity index (χ0v) is 24.9. The second-order valence-electron chi connectivity index (χ2n) is 12.1. The summed E-state index contributed by atoms with van der Waals surface area (Å²) in [5, 5.41) is 7.43. The van der Waals surface area contributed by atoms with E-state index >= 15 is 0 Å². The molecule has 1 aliphatic rings. The van der Waals surface area contributed by atoms with Crippen molar-refractivity contribution in [1.82, 2.24) is 4.57 Å². The highest BCUT2D eigenvalue weighted by Gasteiger charge is 2.22. The summed E-state index contributed by atoms with van der Waals surface area (Å²) in [6, 6.07) is 59.0. The summed E-state index contributed by atoms with van der Waals surface area (Å²) in [4.78, 5) is 0. The van der Waals surface area contributed by atoms with Gasteiger partial charge in [0.2, 0.25) is 0 Å². The fourth-order valence-corrected chi connectivity index (χ4v) is 7.60. The molecule has 0 bridgehead atoms. The van der Waals surface area contributed by atoms with Gasteiger partial charge in [0.1, 0.15) is 11.5 Å². The lowest BCUT2D eigenvalue weighted by Gasteiger charge is -2.23. The molecule has 9 aromatic rings. The first-order chi connectivity index (χ1) is 22.8. The van der Waals surface area contributed by atoms with E-state index < -0.39 is 0 Å². The van der Waals surface area contributed by atoms with E-state index in [9.17, 15) is 0 Å². The van der Waals surface area contributed by atoms with Gasteiger partial charge in [-0.3, -0.25) is 0 Å². The molecular formula is C44H27NO. The minimum absolute atomic E-state index is 0.908. The third-order valence-corrected chi connectivity index (χ3v) is 9.60. The molecule has 8 aromatic carbocycles.